The fourth-order valence-electron chi connectivity index (χ4n) is 6.22. The fraction of sp³-hybridized carbons (Fsp3) is 0.483. The third-order valence-electron chi connectivity index (χ3n) is 8.65. The first-order valence-electron chi connectivity index (χ1n) is 14.7. The molecule has 2 saturated heterocycles. The second kappa shape index (κ2) is 11.4. The Morgan fingerprint density at radius 1 is 1.28 bits per heavy atom. The molecule has 6 heterocycles. The molecule has 4 aromatic rings. The molecule has 43 heavy (non-hydrogen) atoms. The molecule has 2 atom stereocenters. The molecule has 0 aromatic carbocycles. The minimum absolute atomic E-state index is 0.134. The van der Waals surface area contributed by atoms with Gasteiger partial charge >= 0.3 is 0 Å². The molecular weight excluding hydrogens is 562 g/mol. The monoisotopic (exact) mass is 598 g/mol. The van der Waals surface area contributed by atoms with E-state index in [1.807, 2.05) is 49.0 Å². The normalized spacial score (nSPS) is 18.7. The quantitative estimate of drug-likeness (QED) is 0.236. The van der Waals surface area contributed by atoms with Crippen LogP contribution in [0.2, 0.25) is 0 Å². The Kier molecular flexibility index (Phi) is 7.79. The largest absolute Gasteiger partial charge is 0.390 e. The van der Waals surface area contributed by atoms with Gasteiger partial charge in [-0.25, -0.2) is 19.9 Å². The van der Waals surface area contributed by atoms with Crippen molar-refractivity contribution < 1.29 is 9.90 Å². The standard InChI is InChI=1S/C29H36BN10O2P/c1-3-37-11-6-22-24(32-18-33-25(22)37)19-13-34-40(14-19)29(7-8-31)16-39(17-29)21-4-9-38(10-5-21)26(42)23-12-20(15-41)35-27(36-23)28(2,30)43/h6,11-14,18,21,41H,3-5,7,9-10,15-17,30,43H2,1-2H3. The van der Waals surface area contributed by atoms with Crippen LogP contribution in [-0.4, -0.2) is 95.2 Å². The zero-order valence-corrected chi connectivity index (χ0v) is 26.0. The van der Waals surface area contributed by atoms with Crippen molar-refractivity contribution in [3.63, 3.8) is 0 Å². The van der Waals surface area contributed by atoms with Gasteiger partial charge in [0.05, 0.1) is 36.7 Å². The summed E-state index contributed by atoms with van der Waals surface area (Å²) >= 11 is 0. The maximum atomic E-state index is 13.4. The first kappa shape index (κ1) is 29.4. The minimum atomic E-state index is -0.419. The molecule has 222 valence electrons. The lowest BCUT2D eigenvalue weighted by atomic mass is 9.83. The molecule has 4 aromatic heterocycles. The summed E-state index contributed by atoms with van der Waals surface area (Å²) in [5.41, 5.74) is 3.01. The number of aliphatic hydroxyl groups excluding tert-OH is 1. The van der Waals surface area contributed by atoms with Gasteiger partial charge in [0.25, 0.3) is 5.91 Å². The molecule has 1 amide bonds. The smallest absolute Gasteiger partial charge is 0.272 e. The number of hydrogen-bond donors (Lipinski definition) is 1. The number of amides is 1. The van der Waals surface area contributed by atoms with Crippen molar-refractivity contribution in [3.8, 4) is 17.3 Å². The van der Waals surface area contributed by atoms with Crippen LogP contribution in [0.5, 0.6) is 0 Å². The molecule has 2 unspecified atom stereocenters. The van der Waals surface area contributed by atoms with Crippen molar-refractivity contribution in [2.45, 2.75) is 62.9 Å². The predicted octanol–water partition coefficient (Wildman–Crippen LogP) is 1.51. The second-order valence-corrected chi connectivity index (χ2v) is 13.6. The second-order valence-electron chi connectivity index (χ2n) is 12.2. The highest BCUT2D eigenvalue weighted by molar-refractivity contribution is 7.21. The van der Waals surface area contributed by atoms with E-state index in [0.717, 1.165) is 54.8 Å². The van der Waals surface area contributed by atoms with E-state index in [4.69, 9.17) is 5.10 Å². The third-order valence-corrected chi connectivity index (χ3v) is 8.90. The van der Waals surface area contributed by atoms with Gasteiger partial charge in [0, 0.05) is 67.2 Å². The van der Waals surface area contributed by atoms with Gasteiger partial charge in [-0.1, -0.05) is 6.92 Å². The Morgan fingerprint density at radius 2 is 2.05 bits per heavy atom. The predicted molar refractivity (Wildman–Crippen MR) is 167 cm³/mol. The summed E-state index contributed by atoms with van der Waals surface area (Å²) in [5, 5.41) is 24.7. The van der Waals surface area contributed by atoms with Crippen LogP contribution in [0.4, 0.5) is 0 Å². The van der Waals surface area contributed by atoms with Crippen molar-refractivity contribution in [1.29, 1.82) is 5.26 Å². The number of aliphatic hydroxyl groups is 1. The summed E-state index contributed by atoms with van der Waals surface area (Å²) in [4.78, 5) is 35.6. The lowest BCUT2D eigenvalue weighted by Crippen LogP contribution is -2.66. The van der Waals surface area contributed by atoms with E-state index in [-0.39, 0.29) is 12.5 Å². The van der Waals surface area contributed by atoms with Gasteiger partial charge in [0.1, 0.15) is 36.9 Å². The molecule has 0 spiro atoms. The van der Waals surface area contributed by atoms with Gasteiger partial charge in [0.2, 0.25) is 0 Å². The number of piperidine rings is 1. The highest BCUT2D eigenvalue weighted by Gasteiger charge is 2.48. The van der Waals surface area contributed by atoms with Gasteiger partial charge in [0.15, 0.2) is 0 Å². The van der Waals surface area contributed by atoms with Crippen LogP contribution < -0.4 is 0 Å². The van der Waals surface area contributed by atoms with Crippen LogP contribution in [0, 0.1) is 11.3 Å². The van der Waals surface area contributed by atoms with Crippen molar-refractivity contribution in [2.75, 3.05) is 26.2 Å². The summed E-state index contributed by atoms with van der Waals surface area (Å²) in [7, 11) is 4.64. The number of likely N-dealkylation sites (tertiary alicyclic amines) is 2. The van der Waals surface area contributed by atoms with Gasteiger partial charge in [-0.05, 0) is 31.9 Å². The zero-order chi connectivity index (χ0) is 30.4. The highest BCUT2D eigenvalue weighted by Crippen LogP contribution is 2.37. The Morgan fingerprint density at radius 3 is 2.72 bits per heavy atom. The SMILES string of the molecule is BC(C)(P)c1nc(CO)cc(C(=O)N2CCC(N3CC(CC#N)(n4cc(-c5ncnc6c5ccn6CC)cn4)C3)CC2)n1. The molecule has 2 aliphatic heterocycles. The number of rotatable bonds is 8. The van der Waals surface area contributed by atoms with Crippen LogP contribution in [0.1, 0.15) is 55.1 Å². The van der Waals surface area contributed by atoms with Crippen molar-refractivity contribution in [3.05, 3.63) is 54.3 Å². The maximum absolute atomic E-state index is 13.4. The Labute approximate surface area is 253 Å². The van der Waals surface area contributed by atoms with Crippen LogP contribution in [0.3, 0.4) is 0 Å². The van der Waals surface area contributed by atoms with Crippen molar-refractivity contribution in [2.24, 2.45) is 0 Å². The lowest BCUT2D eigenvalue weighted by molar-refractivity contribution is -0.0412. The van der Waals surface area contributed by atoms with E-state index in [9.17, 15) is 15.2 Å². The highest BCUT2D eigenvalue weighted by atomic mass is 31.0. The topological polar surface area (TPSA) is 142 Å². The van der Waals surface area contributed by atoms with E-state index >= 15 is 0 Å². The number of carbonyl (C=O) groups is 1. The van der Waals surface area contributed by atoms with E-state index in [0.29, 0.717) is 42.8 Å². The van der Waals surface area contributed by atoms with Crippen LogP contribution >= 0.6 is 9.24 Å². The average Bonchev–Trinajstić information content (AvgIpc) is 3.66. The Bertz CT molecular complexity index is 1690. The summed E-state index contributed by atoms with van der Waals surface area (Å²) < 4.78 is 4.04. The van der Waals surface area contributed by atoms with Crippen molar-refractivity contribution >= 4 is 34.0 Å². The molecule has 0 saturated carbocycles. The molecular formula is C29H36BN10O2P. The number of aromatic nitrogens is 7. The number of hydrogen-bond acceptors (Lipinski definition) is 9. The van der Waals surface area contributed by atoms with Crippen LogP contribution in [0.15, 0.2) is 37.1 Å². The Balaban J connectivity index is 1.12. The lowest BCUT2D eigenvalue weighted by Gasteiger charge is -2.53. The van der Waals surface area contributed by atoms with Crippen molar-refractivity contribution in [1.82, 2.24) is 44.1 Å². The van der Waals surface area contributed by atoms with Crippen LogP contribution in [0.25, 0.3) is 22.3 Å². The first-order valence-corrected chi connectivity index (χ1v) is 15.3. The molecule has 14 heteroatoms. The van der Waals surface area contributed by atoms with E-state index in [1.54, 1.807) is 12.4 Å². The summed E-state index contributed by atoms with van der Waals surface area (Å²) in [6.45, 7) is 7.32. The molecule has 2 fully saturated rings. The molecule has 0 bridgehead atoms. The number of carbonyl (C=O) groups excluding carboxylic acids is 1. The van der Waals surface area contributed by atoms with Gasteiger partial charge in [-0.15, -0.1) is 9.24 Å². The van der Waals surface area contributed by atoms with Gasteiger partial charge < -0.3 is 14.6 Å². The number of aryl methyl sites for hydroxylation is 1. The molecule has 6 rings (SSSR count). The number of nitriles is 1. The third kappa shape index (κ3) is 5.44. The summed E-state index contributed by atoms with van der Waals surface area (Å²) in [5.74, 6) is 0.382. The molecule has 2 aliphatic rings. The average molecular weight is 598 g/mol. The minimum Gasteiger partial charge on any atom is -0.390 e. The first-order chi connectivity index (χ1) is 20.7. The van der Waals surface area contributed by atoms with Crippen LogP contribution in [-0.2, 0) is 23.7 Å². The van der Waals surface area contributed by atoms with Gasteiger partial charge in [-0.3, -0.25) is 14.4 Å². The molecule has 0 aliphatic carbocycles. The number of fused-ring (bicyclic) bond motifs is 1. The zero-order valence-electron chi connectivity index (χ0n) is 24.8. The van der Waals surface area contributed by atoms with Gasteiger partial charge in [-0.2, -0.15) is 10.4 Å². The summed E-state index contributed by atoms with van der Waals surface area (Å²) in [6.07, 6.45) is 9.49. The Hall–Kier alpha value is -3.72. The van der Waals surface area contributed by atoms with E-state index in [2.05, 4.69) is 51.6 Å². The maximum Gasteiger partial charge on any atom is 0.272 e. The molecule has 12 nitrogen and oxygen atoms in total. The van der Waals surface area contributed by atoms with E-state index in [1.165, 1.54) is 0 Å². The number of nitrogens with zero attached hydrogens (tertiary/aromatic N) is 10. The van der Waals surface area contributed by atoms with E-state index < -0.39 is 10.6 Å². The summed E-state index contributed by atoms with van der Waals surface area (Å²) in [6, 6.07) is 6.33. The molecule has 0 radical (unpaired) electrons. The molecule has 1 N–H and O–H groups in total. The fourth-order valence-corrected chi connectivity index (χ4v) is 6.35.